The van der Waals surface area contributed by atoms with E-state index in [1.807, 2.05) is 50.2 Å². The predicted octanol–water partition coefficient (Wildman–Crippen LogP) is 10.2. The Labute approximate surface area is 361 Å². The van der Waals surface area contributed by atoms with Crippen LogP contribution in [-0.4, -0.2) is 67.0 Å². The molecular formula is C46H54BBrN10O2. The third-order valence-electron chi connectivity index (χ3n) is 10.8. The van der Waals surface area contributed by atoms with E-state index in [9.17, 15) is 0 Å². The predicted molar refractivity (Wildman–Crippen MR) is 245 cm³/mol. The SMILES string of the molecule is CC.CC(C)(C)n1c(-c2ccccc2-n2cncn2)nc2cc(B3OC(C)(C)C(C)(C)O3)ccc21.CC(C)(C)n1c(-c2ccccc2-n2cncn2)nc2cc(Br)ccc21. The minimum atomic E-state index is -0.426. The van der Waals surface area contributed by atoms with Gasteiger partial charge < -0.3 is 18.4 Å². The molecule has 0 radical (unpaired) electrons. The smallest absolute Gasteiger partial charge is 0.399 e. The molecular weight excluding hydrogens is 815 g/mol. The molecule has 0 atom stereocenters. The van der Waals surface area contributed by atoms with Gasteiger partial charge in [0.25, 0.3) is 0 Å². The molecule has 0 aliphatic carbocycles. The van der Waals surface area contributed by atoms with Crippen molar-refractivity contribution in [1.29, 1.82) is 0 Å². The van der Waals surface area contributed by atoms with Gasteiger partial charge in [-0.3, -0.25) is 0 Å². The van der Waals surface area contributed by atoms with E-state index in [-0.39, 0.29) is 22.3 Å². The van der Waals surface area contributed by atoms with Crippen molar-refractivity contribution >= 4 is 50.6 Å². The van der Waals surface area contributed by atoms with Crippen LogP contribution in [0, 0.1) is 0 Å². The number of imidazole rings is 2. The highest BCUT2D eigenvalue weighted by atomic mass is 79.9. The minimum absolute atomic E-state index is 0.118. The first-order valence-electron chi connectivity index (χ1n) is 20.4. The van der Waals surface area contributed by atoms with Gasteiger partial charge in [-0.15, -0.1) is 0 Å². The number of fused-ring (bicyclic) bond motifs is 2. The zero-order chi connectivity index (χ0) is 43.2. The molecule has 1 aliphatic rings. The summed E-state index contributed by atoms with van der Waals surface area (Å²) in [5.74, 6) is 1.81. The summed E-state index contributed by atoms with van der Waals surface area (Å²) in [5.41, 5.74) is 7.83. The molecule has 0 unspecified atom stereocenters. The summed E-state index contributed by atoms with van der Waals surface area (Å²) < 4.78 is 21.7. The molecule has 12 nitrogen and oxygen atoms in total. The second-order valence-electron chi connectivity index (χ2n) is 17.6. The van der Waals surface area contributed by atoms with Gasteiger partial charge in [0.15, 0.2) is 0 Å². The van der Waals surface area contributed by atoms with E-state index in [2.05, 4.69) is 163 Å². The first kappa shape index (κ1) is 42.7. The molecule has 5 heterocycles. The fraction of sp³-hybridized carbons (Fsp3) is 0.348. The number of nitrogens with zero attached hydrogens (tertiary/aromatic N) is 10. The van der Waals surface area contributed by atoms with E-state index in [0.29, 0.717) is 0 Å². The molecule has 0 bridgehead atoms. The van der Waals surface area contributed by atoms with E-state index < -0.39 is 7.12 Å². The fourth-order valence-electron chi connectivity index (χ4n) is 7.39. The maximum Gasteiger partial charge on any atom is 0.494 e. The number of halogens is 1. The van der Waals surface area contributed by atoms with Gasteiger partial charge in [0.2, 0.25) is 0 Å². The van der Waals surface area contributed by atoms with Crippen molar-refractivity contribution in [3.05, 3.63) is 115 Å². The van der Waals surface area contributed by atoms with E-state index in [1.165, 1.54) is 0 Å². The lowest BCUT2D eigenvalue weighted by molar-refractivity contribution is 0.00578. The summed E-state index contributed by atoms with van der Waals surface area (Å²) in [4.78, 5) is 18.3. The van der Waals surface area contributed by atoms with Crippen LogP contribution in [-0.2, 0) is 20.4 Å². The van der Waals surface area contributed by atoms with Gasteiger partial charge in [-0.2, -0.15) is 10.2 Å². The van der Waals surface area contributed by atoms with Gasteiger partial charge in [0, 0.05) is 26.7 Å². The Morgan fingerprint density at radius 3 is 1.45 bits per heavy atom. The van der Waals surface area contributed by atoms with Gasteiger partial charge in [-0.25, -0.2) is 29.3 Å². The summed E-state index contributed by atoms with van der Waals surface area (Å²) in [6.07, 6.45) is 6.50. The first-order valence-corrected chi connectivity index (χ1v) is 21.2. The van der Waals surface area contributed by atoms with Crippen LogP contribution in [0.15, 0.2) is 115 Å². The largest absolute Gasteiger partial charge is 0.494 e. The van der Waals surface area contributed by atoms with Crippen molar-refractivity contribution in [3.8, 4) is 34.2 Å². The zero-order valence-electron chi connectivity index (χ0n) is 36.6. The highest BCUT2D eigenvalue weighted by Crippen LogP contribution is 2.38. The van der Waals surface area contributed by atoms with E-state index in [0.717, 1.165) is 66.2 Å². The standard InChI is InChI=1S/C25H30BN5O2.C19H18BrN5.C2H6/c1-23(2,3)31-21-13-12-17(26-32-24(4,5)25(6,7)33-26)14-19(21)29-22(31)18-10-8-9-11-20(18)30-16-27-15-28-30;1-19(2,3)25-17-9-8-13(20)10-15(17)23-18(25)14-6-4-5-7-16(14)24-12-21-11-22-24;1-2/h8-16H,1-7H3;4-12H,1-3H3;1-2H3. The Kier molecular flexibility index (Phi) is 11.5. The van der Waals surface area contributed by atoms with Crippen molar-refractivity contribution in [3.63, 3.8) is 0 Å². The van der Waals surface area contributed by atoms with Crippen molar-refractivity contribution in [2.75, 3.05) is 0 Å². The topological polar surface area (TPSA) is 116 Å². The van der Waals surface area contributed by atoms with Crippen molar-refractivity contribution in [1.82, 2.24) is 48.6 Å². The van der Waals surface area contributed by atoms with Gasteiger partial charge in [-0.05, 0) is 129 Å². The van der Waals surface area contributed by atoms with E-state index in [4.69, 9.17) is 19.3 Å². The average molecular weight is 870 g/mol. The molecule has 310 valence electrons. The monoisotopic (exact) mass is 868 g/mol. The highest BCUT2D eigenvalue weighted by Gasteiger charge is 2.51. The van der Waals surface area contributed by atoms with E-state index >= 15 is 0 Å². The van der Waals surface area contributed by atoms with Crippen molar-refractivity contribution in [2.45, 2.75) is 105 Å². The highest BCUT2D eigenvalue weighted by molar-refractivity contribution is 9.10. The number of para-hydroxylation sites is 2. The lowest BCUT2D eigenvalue weighted by Gasteiger charge is -2.32. The number of rotatable bonds is 5. The molecule has 14 heteroatoms. The summed E-state index contributed by atoms with van der Waals surface area (Å²) in [7, 11) is -0.426. The minimum Gasteiger partial charge on any atom is -0.399 e. The second-order valence-corrected chi connectivity index (χ2v) is 18.5. The number of hydrogen-bond donors (Lipinski definition) is 0. The Bertz CT molecular complexity index is 2720. The summed E-state index contributed by atoms with van der Waals surface area (Å²) in [6, 6.07) is 28.8. The third kappa shape index (κ3) is 8.07. The molecule has 4 aromatic carbocycles. The molecule has 1 saturated heterocycles. The van der Waals surface area contributed by atoms with Crippen LogP contribution in [0.4, 0.5) is 0 Å². The van der Waals surface area contributed by atoms with Gasteiger partial charge in [0.1, 0.15) is 37.0 Å². The number of aromatic nitrogens is 10. The zero-order valence-corrected chi connectivity index (χ0v) is 38.2. The Morgan fingerprint density at radius 1 is 0.583 bits per heavy atom. The molecule has 0 amide bonds. The molecule has 0 spiro atoms. The van der Waals surface area contributed by atoms with Gasteiger partial charge >= 0.3 is 7.12 Å². The average Bonchev–Trinajstić information content (AvgIpc) is 4.05. The van der Waals surface area contributed by atoms with Crippen LogP contribution in [0.1, 0.15) is 83.1 Å². The Balaban J connectivity index is 0.000000180. The molecule has 9 rings (SSSR count). The molecule has 1 aliphatic heterocycles. The van der Waals surface area contributed by atoms with Gasteiger partial charge in [-0.1, -0.05) is 60.1 Å². The summed E-state index contributed by atoms with van der Waals surface area (Å²) in [6.45, 7) is 25.4. The lowest BCUT2D eigenvalue weighted by Crippen LogP contribution is -2.41. The fourth-order valence-corrected chi connectivity index (χ4v) is 7.74. The van der Waals surface area contributed by atoms with Crippen LogP contribution >= 0.6 is 15.9 Å². The third-order valence-corrected chi connectivity index (χ3v) is 11.3. The summed E-state index contributed by atoms with van der Waals surface area (Å²) in [5, 5.41) is 8.64. The normalized spacial score (nSPS) is 14.8. The molecule has 0 N–H and O–H groups in total. The lowest BCUT2D eigenvalue weighted by atomic mass is 9.79. The maximum absolute atomic E-state index is 6.28. The molecule has 4 aromatic heterocycles. The van der Waals surface area contributed by atoms with Crippen LogP contribution in [0.25, 0.3) is 56.2 Å². The molecule has 1 fully saturated rings. The quantitative estimate of drug-likeness (QED) is 0.157. The molecule has 0 saturated carbocycles. The number of benzene rings is 4. The second kappa shape index (κ2) is 16.2. The van der Waals surface area contributed by atoms with E-state index in [1.54, 1.807) is 34.7 Å². The van der Waals surface area contributed by atoms with Crippen molar-refractivity contribution in [2.24, 2.45) is 0 Å². The first-order chi connectivity index (χ1) is 28.4. The van der Waals surface area contributed by atoms with Crippen LogP contribution in [0.3, 0.4) is 0 Å². The Hall–Kier alpha value is -5.44. The molecule has 8 aromatic rings. The van der Waals surface area contributed by atoms with Crippen molar-refractivity contribution < 1.29 is 9.31 Å². The van der Waals surface area contributed by atoms with Crippen LogP contribution in [0.5, 0.6) is 0 Å². The molecule has 60 heavy (non-hydrogen) atoms. The Morgan fingerprint density at radius 2 is 1.02 bits per heavy atom. The maximum atomic E-state index is 6.28. The number of hydrogen-bond acceptors (Lipinski definition) is 8. The summed E-state index contributed by atoms with van der Waals surface area (Å²) >= 11 is 3.55. The van der Waals surface area contributed by atoms with Crippen LogP contribution in [0.2, 0.25) is 0 Å². The van der Waals surface area contributed by atoms with Crippen LogP contribution < -0.4 is 5.46 Å². The van der Waals surface area contributed by atoms with Gasteiger partial charge in [0.05, 0.1) is 44.6 Å².